The van der Waals surface area contributed by atoms with Gasteiger partial charge in [-0.3, -0.25) is 4.79 Å². The molecule has 4 rings (SSSR count). The van der Waals surface area contributed by atoms with Crippen LogP contribution in [-0.2, 0) is 19.0 Å². The van der Waals surface area contributed by atoms with Gasteiger partial charge in [-0.25, -0.2) is 4.79 Å². The second kappa shape index (κ2) is 12.1. The SMILES string of the molecule is CC(C)(C)OC(=O)NCC1CCCC(C2CCN(C(=O)/C=C/C3CCC4OC(C)(C)OCC4C3)CC2)C1. The Labute approximate surface area is 224 Å². The Kier molecular flexibility index (Phi) is 9.26. The van der Waals surface area contributed by atoms with E-state index in [1.54, 1.807) is 0 Å². The number of allylic oxidation sites excluding steroid dienone is 1. The molecular weight excluding hydrogens is 468 g/mol. The number of rotatable bonds is 5. The van der Waals surface area contributed by atoms with Crippen LogP contribution >= 0.6 is 0 Å². The van der Waals surface area contributed by atoms with Crippen molar-refractivity contribution in [1.29, 1.82) is 0 Å². The van der Waals surface area contributed by atoms with Crippen molar-refractivity contribution in [3.63, 3.8) is 0 Å². The topological polar surface area (TPSA) is 77.1 Å². The summed E-state index contributed by atoms with van der Waals surface area (Å²) in [5, 5.41) is 2.98. The number of fused-ring (bicyclic) bond motifs is 1. The Bertz CT molecular complexity index is 811. The third-order valence-electron chi connectivity index (χ3n) is 8.82. The number of hydrogen-bond donors (Lipinski definition) is 1. The summed E-state index contributed by atoms with van der Waals surface area (Å²) in [6, 6.07) is 0. The van der Waals surface area contributed by atoms with Gasteiger partial charge in [-0.1, -0.05) is 18.9 Å². The number of ether oxygens (including phenoxy) is 3. The number of carbonyl (C=O) groups excluding carboxylic acids is 2. The molecule has 1 N–H and O–H groups in total. The minimum Gasteiger partial charge on any atom is -0.444 e. The van der Waals surface area contributed by atoms with E-state index in [-0.39, 0.29) is 18.1 Å². The Morgan fingerprint density at radius 3 is 2.49 bits per heavy atom. The number of amides is 2. The summed E-state index contributed by atoms with van der Waals surface area (Å²) in [5.41, 5.74) is -0.462. The van der Waals surface area contributed by atoms with E-state index < -0.39 is 11.4 Å². The van der Waals surface area contributed by atoms with Crippen LogP contribution in [0.1, 0.15) is 92.4 Å². The number of hydrogen-bond acceptors (Lipinski definition) is 5. The zero-order valence-corrected chi connectivity index (χ0v) is 23.8. The first-order chi connectivity index (χ1) is 17.5. The first-order valence-corrected chi connectivity index (χ1v) is 14.7. The van der Waals surface area contributed by atoms with Crippen LogP contribution in [0.3, 0.4) is 0 Å². The number of carbonyl (C=O) groups is 2. The van der Waals surface area contributed by atoms with E-state index in [1.165, 1.54) is 25.7 Å². The maximum atomic E-state index is 12.9. The molecule has 2 heterocycles. The number of alkyl carbamates (subject to hydrolysis) is 1. The second-order valence-electron chi connectivity index (χ2n) is 13.4. The Hall–Kier alpha value is -1.60. The molecule has 37 heavy (non-hydrogen) atoms. The van der Waals surface area contributed by atoms with E-state index in [9.17, 15) is 9.59 Å². The van der Waals surface area contributed by atoms with Gasteiger partial charge in [0.2, 0.25) is 5.91 Å². The average molecular weight is 519 g/mol. The first kappa shape index (κ1) is 28.4. The highest BCUT2D eigenvalue weighted by molar-refractivity contribution is 5.87. The summed E-state index contributed by atoms with van der Waals surface area (Å²) < 4.78 is 17.4. The highest BCUT2D eigenvalue weighted by atomic mass is 16.7. The lowest BCUT2D eigenvalue weighted by molar-refractivity contribution is -0.299. The normalized spacial score (nSPS) is 33.1. The number of nitrogens with zero attached hydrogens (tertiary/aromatic N) is 1. The standard InChI is InChI=1S/C30H50N2O5/c1-29(2,3)37-28(34)31-19-22-7-6-8-24(18-22)23-13-15-32(16-14-23)27(33)12-10-21-9-11-26-25(17-21)20-35-30(4,5)36-26/h10,12,21-26H,6-9,11,13-20H2,1-5H3,(H,31,34)/b12-10+. The summed E-state index contributed by atoms with van der Waals surface area (Å²) in [6.45, 7) is 12.8. The smallest absolute Gasteiger partial charge is 0.407 e. The van der Waals surface area contributed by atoms with Crippen LogP contribution in [0.25, 0.3) is 0 Å². The predicted molar refractivity (Wildman–Crippen MR) is 144 cm³/mol. The summed E-state index contributed by atoms with van der Waals surface area (Å²) in [6.07, 6.45) is 14.1. The first-order valence-electron chi connectivity index (χ1n) is 14.7. The van der Waals surface area contributed by atoms with Crippen LogP contribution in [0.5, 0.6) is 0 Å². The fourth-order valence-corrected chi connectivity index (χ4v) is 6.89. The van der Waals surface area contributed by atoms with Crippen molar-refractivity contribution in [3.8, 4) is 0 Å². The molecule has 0 aromatic carbocycles. The fourth-order valence-electron chi connectivity index (χ4n) is 6.89. The molecule has 2 aliphatic heterocycles. The monoisotopic (exact) mass is 518 g/mol. The van der Waals surface area contributed by atoms with E-state index in [2.05, 4.69) is 11.4 Å². The fraction of sp³-hybridized carbons (Fsp3) is 0.867. The van der Waals surface area contributed by atoms with E-state index in [4.69, 9.17) is 14.2 Å². The van der Waals surface area contributed by atoms with Crippen LogP contribution in [0.4, 0.5) is 4.79 Å². The van der Waals surface area contributed by atoms with Crippen LogP contribution in [0, 0.1) is 29.6 Å². The quantitative estimate of drug-likeness (QED) is 0.474. The van der Waals surface area contributed by atoms with E-state index in [0.29, 0.717) is 36.1 Å². The van der Waals surface area contributed by atoms with Gasteiger partial charge >= 0.3 is 6.09 Å². The van der Waals surface area contributed by atoms with Crippen LogP contribution in [0.2, 0.25) is 0 Å². The molecular formula is C30H50N2O5. The Balaban J connectivity index is 1.16. The van der Waals surface area contributed by atoms with Crippen molar-refractivity contribution in [2.75, 3.05) is 26.2 Å². The molecule has 7 heteroatoms. The summed E-state index contributed by atoms with van der Waals surface area (Å²) in [4.78, 5) is 27.0. The zero-order chi connectivity index (χ0) is 26.6. The van der Waals surface area contributed by atoms with Crippen LogP contribution in [0.15, 0.2) is 12.2 Å². The molecule has 0 spiro atoms. The second-order valence-corrected chi connectivity index (χ2v) is 13.4. The maximum absolute atomic E-state index is 12.9. The van der Waals surface area contributed by atoms with Crippen molar-refractivity contribution >= 4 is 12.0 Å². The van der Waals surface area contributed by atoms with Crippen molar-refractivity contribution in [1.82, 2.24) is 10.2 Å². The highest BCUT2D eigenvalue weighted by Crippen LogP contribution is 2.39. The summed E-state index contributed by atoms with van der Waals surface area (Å²) in [7, 11) is 0. The minimum atomic E-state index is -0.471. The van der Waals surface area contributed by atoms with Crippen molar-refractivity contribution in [2.24, 2.45) is 29.6 Å². The molecule has 210 valence electrons. The summed E-state index contributed by atoms with van der Waals surface area (Å²) in [5.74, 6) is 2.47. The third-order valence-corrected chi connectivity index (χ3v) is 8.82. The van der Waals surface area contributed by atoms with Gasteiger partial charge in [0.15, 0.2) is 5.79 Å². The molecule has 4 fully saturated rings. The molecule has 7 nitrogen and oxygen atoms in total. The van der Waals surface area contributed by atoms with Gasteiger partial charge in [0.1, 0.15) is 5.60 Å². The predicted octanol–water partition coefficient (Wildman–Crippen LogP) is 5.68. The molecule has 4 aliphatic rings. The van der Waals surface area contributed by atoms with Crippen molar-refractivity contribution in [3.05, 3.63) is 12.2 Å². The Morgan fingerprint density at radius 1 is 1.00 bits per heavy atom. The van der Waals surface area contributed by atoms with Gasteiger partial charge in [0.05, 0.1) is 12.7 Å². The van der Waals surface area contributed by atoms with Crippen molar-refractivity contribution in [2.45, 2.75) is 110 Å². The van der Waals surface area contributed by atoms with Gasteiger partial charge < -0.3 is 24.4 Å². The van der Waals surface area contributed by atoms with E-state index in [0.717, 1.165) is 51.8 Å². The average Bonchev–Trinajstić information content (AvgIpc) is 2.85. The van der Waals surface area contributed by atoms with Crippen molar-refractivity contribution < 1.29 is 23.8 Å². The largest absolute Gasteiger partial charge is 0.444 e. The van der Waals surface area contributed by atoms with Gasteiger partial charge in [-0.2, -0.15) is 0 Å². The van der Waals surface area contributed by atoms with Gasteiger partial charge in [-0.15, -0.1) is 0 Å². The van der Waals surface area contributed by atoms with Crippen LogP contribution in [-0.4, -0.2) is 60.6 Å². The molecule has 0 aromatic rings. The number of piperidine rings is 1. The van der Waals surface area contributed by atoms with Gasteiger partial charge in [0.25, 0.3) is 0 Å². The minimum absolute atomic E-state index is 0.168. The zero-order valence-electron chi connectivity index (χ0n) is 23.8. The number of nitrogens with one attached hydrogen (secondary N) is 1. The molecule has 2 saturated heterocycles. The number of likely N-dealkylation sites (tertiary alicyclic amines) is 1. The molecule has 2 amide bonds. The van der Waals surface area contributed by atoms with Gasteiger partial charge in [-0.05, 0) is 109 Å². The van der Waals surface area contributed by atoms with Gasteiger partial charge in [0, 0.05) is 25.6 Å². The molecule has 5 unspecified atom stereocenters. The molecule has 5 atom stereocenters. The lowest BCUT2D eigenvalue weighted by Gasteiger charge is -2.45. The summed E-state index contributed by atoms with van der Waals surface area (Å²) >= 11 is 0. The Morgan fingerprint density at radius 2 is 1.76 bits per heavy atom. The lowest BCUT2D eigenvalue weighted by Crippen LogP contribution is -2.47. The van der Waals surface area contributed by atoms with Crippen LogP contribution < -0.4 is 5.32 Å². The maximum Gasteiger partial charge on any atom is 0.407 e. The van der Waals surface area contributed by atoms with E-state index in [1.807, 2.05) is 45.6 Å². The molecule has 2 aliphatic carbocycles. The van der Waals surface area contributed by atoms with E-state index >= 15 is 0 Å². The highest BCUT2D eigenvalue weighted by Gasteiger charge is 2.40. The molecule has 0 bridgehead atoms. The third kappa shape index (κ3) is 8.44. The lowest BCUT2D eigenvalue weighted by atomic mass is 9.72. The molecule has 2 saturated carbocycles. The molecule has 0 radical (unpaired) electrons. The molecule has 0 aromatic heterocycles.